The number of nitrogens with zero attached hydrogens (tertiary/aromatic N) is 3. The number of pyridine rings is 1. The topological polar surface area (TPSA) is 20.5 Å². The summed E-state index contributed by atoms with van der Waals surface area (Å²) < 4.78 is 3.23. The Morgan fingerprint density at radius 1 is 1.41 bits per heavy atom. The molecule has 0 aromatic carbocycles. The number of hydrogen-bond acceptors (Lipinski definition) is 2. The molecule has 0 radical (unpaired) electrons. The lowest BCUT2D eigenvalue weighted by Crippen LogP contribution is -2.14. The molecule has 0 N–H and O–H groups in total. The minimum Gasteiger partial charge on any atom is -0.304 e. The summed E-state index contributed by atoms with van der Waals surface area (Å²) in [4.78, 5) is 6.93. The molecule has 0 saturated carbocycles. The predicted molar refractivity (Wildman–Crippen MR) is 74.4 cm³/mol. The third-order valence-electron chi connectivity index (χ3n) is 2.75. The first-order valence-corrected chi connectivity index (χ1v) is 6.60. The number of aromatic nitrogens is 2. The molecule has 0 fully saturated rings. The summed E-state index contributed by atoms with van der Waals surface area (Å²) in [6.45, 7) is 5.29. The summed E-state index contributed by atoms with van der Waals surface area (Å²) in [6, 6.07) is 4.08. The predicted octanol–water partition coefficient (Wildman–Crippen LogP) is 3.28. The van der Waals surface area contributed by atoms with E-state index in [2.05, 4.69) is 59.4 Å². The Morgan fingerprint density at radius 3 is 2.71 bits per heavy atom. The van der Waals surface area contributed by atoms with Crippen molar-refractivity contribution in [3.8, 4) is 0 Å². The van der Waals surface area contributed by atoms with E-state index in [0.29, 0.717) is 5.92 Å². The fourth-order valence-electron chi connectivity index (χ4n) is 2.02. The van der Waals surface area contributed by atoms with Crippen molar-refractivity contribution >= 4 is 21.6 Å². The van der Waals surface area contributed by atoms with E-state index in [9.17, 15) is 0 Å². The second-order valence-corrected chi connectivity index (χ2v) is 5.74. The molecule has 3 nitrogen and oxygen atoms in total. The minimum atomic E-state index is 0.441. The maximum absolute atomic E-state index is 4.75. The summed E-state index contributed by atoms with van der Waals surface area (Å²) in [5.74, 6) is 0.441. The molecule has 92 valence electrons. The van der Waals surface area contributed by atoms with E-state index in [1.807, 2.05) is 12.1 Å². The molecule has 0 saturated heterocycles. The van der Waals surface area contributed by atoms with Crippen LogP contribution in [0.1, 0.15) is 31.2 Å². The van der Waals surface area contributed by atoms with Crippen molar-refractivity contribution in [2.75, 3.05) is 14.1 Å². The third-order valence-corrected chi connectivity index (χ3v) is 3.36. The quantitative estimate of drug-likeness (QED) is 0.866. The average molecular weight is 296 g/mol. The first-order valence-electron chi connectivity index (χ1n) is 5.80. The highest BCUT2D eigenvalue weighted by atomic mass is 79.9. The fourth-order valence-corrected chi connectivity index (χ4v) is 2.45. The first kappa shape index (κ1) is 12.6. The molecule has 2 aromatic rings. The van der Waals surface area contributed by atoms with Gasteiger partial charge >= 0.3 is 0 Å². The fraction of sp³-hybridized carbons (Fsp3) is 0.462. The Balaban J connectivity index is 2.67. The number of halogens is 1. The van der Waals surface area contributed by atoms with Crippen LogP contribution in [-0.4, -0.2) is 28.4 Å². The second kappa shape index (κ2) is 4.78. The van der Waals surface area contributed by atoms with Gasteiger partial charge in [-0.3, -0.25) is 0 Å². The van der Waals surface area contributed by atoms with Crippen LogP contribution < -0.4 is 0 Å². The zero-order valence-electron chi connectivity index (χ0n) is 10.7. The van der Waals surface area contributed by atoms with Crippen LogP contribution in [0.5, 0.6) is 0 Å². The summed E-state index contributed by atoms with van der Waals surface area (Å²) in [5.41, 5.74) is 3.47. The van der Waals surface area contributed by atoms with Gasteiger partial charge in [0, 0.05) is 12.7 Å². The molecule has 17 heavy (non-hydrogen) atoms. The zero-order chi connectivity index (χ0) is 12.6. The second-order valence-electron chi connectivity index (χ2n) is 4.89. The normalized spacial score (nSPS) is 11.9. The van der Waals surface area contributed by atoms with Gasteiger partial charge in [-0.1, -0.05) is 13.8 Å². The Bertz CT molecular complexity index is 529. The standard InChI is InChI=1S/C13H18BrN3/c1-9(2)12-11(8-16(3)4)17-7-5-6-10(14)13(17)15-12/h5-7,9H,8H2,1-4H3. The van der Waals surface area contributed by atoms with Crippen molar-refractivity contribution < 1.29 is 0 Å². The van der Waals surface area contributed by atoms with Crippen LogP contribution in [0.3, 0.4) is 0 Å². The highest BCUT2D eigenvalue weighted by Crippen LogP contribution is 2.25. The highest BCUT2D eigenvalue weighted by molar-refractivity contribution is 9.10. The Labute approximate surface area is 111 Å². The van der Waals surface area contributed by atoms with E-state index in [-0.39, 0.29) is 0 Å². The molecule has 2 rings (SSSR count). The SMILES string of the molecule is CC(C)c1nc2c(Br)cccn2c1CN(C)C. The van der Waals surface area contributed by atoms with Crippen molar-refractivity contribution in [2.45, 2.75) is 26.3 Å². The van der Waals surface area contributed by atoms with Gasteiger partial charge in [-0.05, 0) is 48.1 Å². The largest absolute Gasteiger partial charge is 0.304 e. The molecule has 0 amide bonds. The number of fused-ring (bicyclic) bond motifs is 1. The summed E-state index contributed by atoms with van der Waals surface area (Å²) in [6.07, 6.45) is 2.08. The lowest BCUT2D eigenvalue weighted by atomic mass is 10.1. The third kappa shape index (κ3) is 2.38. The molecule has 0 spiro atoms. The molecule has 4 heteroatoms. The lowest BCUT2D eigenvalue weighted by molar-refractivity contribution is 0.393. The molecule has 0 unspecified atom stereocenters. The van der Waals surface area contributed by atoms with E-state index >= 15 is 0 Å². The molecule has 2 aromatic heterocycles. The van der Waals surface area contributed by atoms with Gasteiger partial charge in [0.2, 0.25) is 0 Å². The Morgan fingerprint density at radius 2 is 2.12 bits per heavy atom. The molecular formula is C13H18BrN3. The Hall–Kier alpha value is -0.870. The lowest BCUT2D eigenvalue weighted by Gasteiger charge is -2.12. The maximum Gasteiger partial charge on any atom is 0.151 e. The van der Waals surface area contributed by atoms with Gasteiger partial charge in [0.15, 0.2) is 5.65 Å². The van der Waals surface area contributed by atoms with E-state index in [4.69, 9.17) is 4.98 Å². The molecule has 0 aliphatic carbocycles. The highest BCUT2D eigenvalue weighted by Gasteiger charge is 2.16. The van der Waals surface area contributed by atoms with Gasteiger partial charge in [0.25, 0.3) is 0 Å². The van der Waals surface area contributed by atoms with Crippen LogP contribution >= 0.6 is 15.9 Å². The van der Waals surface area contributed by atoms with Crippen LogP contribution in [0.15, 0.2) is 22.8 Å². The van der Waals surface area contributed by atoms with Gasteiger partial charge in [-0.15, -0.1) is 0 Å². The van der Waals surface area contributed by atoms with Crippen molar-refractivity contribution in [3.63, 3.8) is 0 Å². The van der Waals surface area contributed by atoms with Gasteiger partial charge in [0.1, 0.15) is 0 Å². The number of rotatable bonds is 3. The van der Waals surface area contributed by atoms with E-state index in [1.54, 1.807) is 0 Å². The van der Waals surface area contributed by atoms with E-state index < -0.39 is 0 Å². The molecule has 0 bridgehead atoms. The number of imidazole rings is 1. The van der Waals surface area contributed by atoms with Gasteiger partial charge in [-0.25, -0.2) is 4.98 Å². The molecule has 0 atom stereocenters. The molecule has 0 aliphatic rings. The summed E-state index contributed by atoms with van der Waals surface area (Å²) in [7, 11) is 4.17. The average Bonchev–Trinajstić information content (AvgIpc) is 2.58. The van der Waals surface area contributed by atoms with Crippen LogP contribution in [-0.2, 0) is 6.54 Å². The van der Waals surface area contributed by atoms with E-state index in [1.165, 1.54) is 11.4 Å². The van der Waals surface area contributed by atoms with Crippen molar-refractivity contribution in [1.29, 1.82) is 0 Å². The van der Waals surface area contributed by atoms with Crippen molar-refractivity contribution in [3.05, 3.63) is 34.2 Å². The van der Waals surface area contributed by atoms with Crippen molar-refractivity contribution in [2.24, 2.45) is 0 Å². The zero-order valence-corrected chi connectivity index (χ0v) is 12.3. The van der Waals surface area contributed by atoms with Gasteiger partial charge < -0.3 is 9.30 Å². The monoisotopic (exact) mass is 295 g/mol. The first-order chi connectivity index (χ1) is 8.00. The molecule has 0 aliphatic heterocycles. The Kier molecular flexibility index (Phi) is 3.54. The minimum absolute atomic E-state index is 0.441. The van der Waals surface area contributed by atoms with Crippen LogP contribution in [0.2, 0.25) is 0 Å². The van der Waals surface area contributed by atoms with Crippen LogP contribution in [0, 0.1) is 0 Å². The molecule has 2 heterocycles. The number of hydrogen-bond donors (Lipinski definition) is 0. The summed E-state index contributed by atoms with van der Waals surface area (Å²) in [5, 5.41) is 0. The molecular weight excluding hydrogens is 278 g/mol. The summed E-state index contributed by atoms with van der Waals surface area (Å²) >= 11 is 3.56. The van der Waals surface area contributed by atoms with Gasteiger partial charge in [-0.2, -0.15) is 0 Å². The van der Waals surface area contributed by atoms with Gasteiger partial charge in [0.05, 0.1) is 15.9 Å². The van der Waals surface area contributed by atoms with Crippen LogP contribution in [0.4, 0.5) is 0 Å². The van der Waals surface area contributed by atoms with Crippen LogP contribution in [0.25, 0.3) is 5.65 Å². The maximum atomic E-state index is 4.75. The van der Waals surface area contributed by atoms with Crippen molar-refractivity contribution in [1.82, 2.24) is 14.3 Å². The van der Waals surface area contributed by atoms with E-state index in [0.717, 1.165) is 16.7 Å². The smallest absolute Gasteiger partial charge is 0.151 e.